The van der Waals surface area contributed by atoms with Crippen LogP contribution in [0.2, 0.25) is 0 Å². The van der Waals surface area contributed by atoms with Crippen molar-refractivity contribution in [2.24, 2.45) is 0 Å². The van der Waals surface area contributed by atoms with Crippen molar-refractivity contribution >= 4 is 10.8 Å². The van der Waals surface area contributed by atoms with Crippen LogP contribution in [-0.2, 0) is 6.61 Å². The van der Waals surface area contributed by atoms with Gasteiger partial charge in [0, 0.05) is 10.9 Å². The first kappa shape index (κ1) is 14.4. The third-order valence-electron chi connectivity index (χ3n) is 3.66. The average Bonchev–Trinajstić information content (AvgIpc) is 3.09. The van der Waals surface area contributed by atoms with Gasteiger partial charge in [-0.3, -0.25) is 0 Å². The topological polar surface area (TPSA) is 48.2 Å². The van der Waals surface area contributed by atoms with Crippen LogP contribution in [0.5, 0.6) is 5.75 Å². The zero-order valence-corrected chi connectivity index (χ0v) is 12.6. The number of rotatable bonds is 4. The van der Waals surface area contributed by atoms with E-state index in [2.05, 4.69) is 10.2 Å². The summed E-state index contributed by atoms with van der Waals surface area (Å²) in [4.78, 5) is 0. The van der Waals surface area contributed by atoms with Crippen LogP contribution in [0.3, 0.4) is 0 Å². The normalized spacial score (nSPS) is 10.9. The summed E-state index contributed by atoms with van der Waals surface area (Å²) in [7, 11) is 0. The predicted octanol–water partition coefficient (Wildman–Crippen LogP) is 4.61. The summed E-state index contributed by atoms with van der Waals surface area (Å²) in [5, 5.41) is 10.1. The highest BCUT2D eigenvalue weighted by Gasteiger charge is 2.10. The molecular weight excluding hydrogens is 307 g/mol. The quantitative estimate of drug-likeness (QED) is 0.551. The van der Waals surface area contributed by atoms with Gasteiger partial charge in [0.15, 0.2) is 6.61 Å². The van der Waals surface area contributed by atoms with E-state index in [0.717, 1.165) is 16.5 Å². The molecule has 0 radical (unpaired) electrons. The fourth-order valence-corrected chi connectivity index (χ4v) is 2.48. The molecule has 0 amide bonds. The Hall–Kier alpha value is -3.21. The fourth-order valence-electron chi connectivity index (χ4n) is 2.48. The van der Waals surface area contributed by atoms with E-state index < -0.39 is 0 Å². The minimum absolute atomic E-state index is 0.169. The Morgan fingerprint density at radius 2 is 1.67 bits per heavy atom. The van der Waals surface area contributed by atoms with Gasteiger partial charge < -0.3 is 9.15 Å². The van der Waals surface area contributed by atoms with Crippen LogP contribution in [-0.4, -0.2) is 10.2 Å². The standard InChI is InChI=1S/C19H13FN2O2/c20-15-10-8-14(9-11-15)19-22-21-18(24-19)12-23-17-7-3-5-13-4-1-2-6-16(13)17/h1-11H,12H2. The number of hydrogen-bond acceptors (Lipinski definition) is 4. The van der Waals surface area contributed by atoms with Crippen molar-refractivity contribution in [3.8, 4) is 17.2 Å². The molecule has 0 spiro atoms. The molecule has 4 aromatic rings. The highest BCUT2D eigenvalue weighted by atomic mass is 19.1. The van der Waals surface area contributed by atoms with E-state index in [1.807, 2.05) is 42.5 Å². The summed E-state index contributed by atoms with van der Waals surface area (Å²) >= 11 is 0. The summed E-state index contributed by atoms with van der Waals surface area (Å²) in [5.74, 6) is 1.15. The number of aromatic nitrogens is 2. The minimum atomic E-state index is -0.308. The second-order valence-electron chi connectivity index (χ2n) is 5.27. The van der Waals surface area contributed by atoms with Gasteiger partial charge in [-0.15, -0.1) is 10.2 Å². The molecule has 0 bridgehead atoms. The zero-order valence-electron chi connectivity index (χ0n) is 12.6. The van der Waals surface area contributed by atoms with Crippen LogP contribution in [0.1, 0.15) is 5.89 Å². The lowest BCUT2D eigenvalue weighted by Gasteiger charge is -2.07. The summed E-state index contributed by atoms with van der Waals surface area (Å²) in [6, 6.07) is 19.8. The molecular formula is C19H13FN2O2. The summed E-state index contributed by atoms with van der Waals surface area (Å²) < 4.78 is 24.3. The van der Waals surface area contributed by atoms with Crippen molar-refractivity contribution in [1.29, 1.82) is 0 Å². The first-order valence-corrected chi connectivity index (χ1v) is 7.48. The molecule has 4 nitrogen and oxygen atoms in total. The average molecular weight is 320 g/mol. The molecule has 0 fully saturated rings. The minimum Gasteiger partial charge on any atom is -0.483 e. The van der Waals surface area contributed by atoms with Gasteiger partial charge >= 0.3 is 0 Å². The van der Waals surface area contributed by atoms with Crippen molar-refractivity contribution in [3.05, 3.63) is 78.4 Å². The van der Waals surface area contributed by atoms with Gasteiger partial charge in [0.05, 0.1) is 0 Å². The Labute approximate surface area is 137 Å². The maximum Gasteiger partial charge on any atom is 0.254 e. The second kappa shape index (κ2) is 6.12. The van der Waals surface area contributed by atoms with Crippen LogP contribution in [0.4, 0.5) is 4.39 Å². The molecule has 0 unspecified atom stereocenters. The van der Waals surface area contributed by atoms with Crippen molar-refractivity contribution in [1.82, 2.24) is 10.2 Å². The van der Waals surface area contributed by atoms with Crippen LogP contribution in [0.25, 0.3) is 22.2 Å². The van der Waals surface area contributed by atoms with Crippen molar-refractivity contribution in [2.45, 2.75) is 6.61 Å². The van der Waals surface area contributed by atoms with Crippen molar-refractivity contribution in [2.75, 3.05) is 0 Å². The summed E-state index contributed by atoms with van der Waals surface area (Å²) in [5.41, 5.74) is 0.667. The Balaban J connectivity index is 1.53. The number of halogens is 1. The van der Waals surface area contributed by atoms with E-state index in [0.29, 0.717) is 17.3 Å². The molecule has 0 aliphatic heterocycles. The largest absolute Gasteiger partial charge is 0.483 e. The van der Waals surface area contributed by atoms with E-state index in [4.69, 9.17) is 9.15 Å². The number of nitrogens with zero attached hydrogens (tertiary/aromatic N) is 2. The van der Waals surface area contributed by atoms with Gasteiger partial charge in [0.1, 0.15) is 11.6 Å². The van der Waals surface area contributed by atoms with E-state index in [-0.39, 0.29) is 12.4 Å². The van der Waals surface area contributed by atoms with E-state index >= 15 is 0 Å². The van der Waals surface area contributed by atoms with Crippen LogP contribution >= 0.6 is 0 Å². The number of hydrogen-bond donors (Lipinski definition) is 0. The van der Waals surface area contributed by atoms with Gasteiger partial charge in [-0.25, -0.2) is 4.39 Å². The lowest BCUT2D eigenvalue weighted by molar-refractivity contribution is 0.267. The molecule has 118 valence electrons. The first-order valence-electron chi connectivity index (χ1n) is 7.48. The van der Waals surface area contributed by atoms with E-state index in [1.54, 1.807) is 12.1 Å². The van der Waals surface area contributed by atoms with Gasteiger partial charge in [-0.1, -0.05) is 36.4 Å². The number of benzene rings is 3. The summed E-state index contributed by atoms with van der Waals surface area (Å²) in [6.45, 7) is 0.169. The first-order chi connectivity index (χ1) is 11.8. The van der Waals surface area contributed by atoms with Crippen LogP contribution < -0.4 is 4.74 Å². The second-order valence-corrected chi connectivity index (χ2v) is 5.27. The maximum absolute atomic E-state index is 13.0. The molecule has 1 heterocycles. The molecule has 4 rings (SSSR count). The van der Waals surface area contributed by atoms with Crippen LogP contribution in [0.15, 0.2) is 71.1 Å². The molecule has 0 atom stereocenters. The van der Waals surface area contributed by atoms with Gasteiger partial charge in [0.25, 0.3) is 5.89 Å². The third kappa shape index (κ3) is 2.84. The Morgan fingerprint density at radius 1 is 0.875 bits per heavy atom. The molecule has 5 heteroatoms. The molecule has 24 heavy (non-hydrogen) atoms. The smallest absolute Gasteiger partial charge is 0.254 e. The molecule has 0 saturated carbocycles. The molecule has 0 aliphatic rings. The Kier molecular flexibility index (Phi) is 3.67. The zero-order chi connectivity index (χ0) is 16.4. The lowest BCUT2D eigenvalue weighted by Crippen LogP contribution is -1.96. The van der Waals surface area contributed by atoms with E-state index in [9.17, 15) is 4.39 Å². The lowest BCUT2D eigenvalue weighted by atomic mass is 10.1. The molecule has 3 aromatic carbocycles. The fraction of sp³-hybridized carbons (Fsp3) is 0.0526. The molecule has 0 N–H and O–H groups in total. The van der Waals surface area contributed by atoms with Crippen molar-refractivity contribution < 1.29 is 13.5 Å². The van der Waals surface area contributed by atoms with Gasteiger partial charge in [0.2, 0.25) is 5.89 Å². The molecule has 1 aromatic heterocycles. The highest BCUT2D eigenvalue weighted by molar-refractivity contribution is 5.88. The van der Waals surface area contributed by atoms with Gasteiger partial charge in [-0.2, -0.15) is 0 Å². The Morgan fingerprint density at radius 3 is 2.54 bits per heavy atom. The summed E-state index contributed by atoms with van der Waals surface area (Å²) in [6.07, 6.45) is 0. The SMILES string of the molecule is Fc1ccc(-c2nnc(COc3cccc4ccccc34)o2)cc1. The third-order valence-corrected chi connectivity index (χ3v) is 3.66. The van der Waals surface area contributed by atoms with Crippen LogP contribution in [0, 0.1) is 5.82 Å². The van der Waals surface area contributed by atoms with Crippen molar-refractivity contribution in [3.63, 3.8) is 0 Å². The number of fused-ring (bicyclic) bond motifs is 1. The highest BCUT2D eigenvalue weighted by Crippen LogP contribution is 2.26. The molecule has 0 aliphatic carbocycles. The number of ether oxygens (including phenoxy) is 1. The maximum atomic E-state index is 13.0. The molecule has 0 saturated heterocycles. The van der Waals surface area contributed by atoms with E-state index in [1.165, 1.54) is 12.1 Å². The monoisotopic (exact) mass is 320 g/mol. The Bertz CT molecular complexity index is 975. The van der Waals surface area contributed by atoms with Gasteiger partial charge in [-0.05, 0) is 35.7 Å². The predicted molar refractivity (Wildman–Crippen MR) is 88.0 cm³/mol.